The molecule has 4 rings (SSSR count). The van der Waals surface area contributed by atoms with E-state index in [9.17, 15) is 9.59 Å². The molecule has 0 saturated heterocycles. The van der Waals surface area contributed by atoms with Gasteiger partial charge in [-0.1, -0.05) is 47.6 Å². The molecule has 8 heteroatoms. The van der Waals surface area contributed by atoms with Crippen molar-refractivity contribution < 1.29 is 19.0 Å². The Balaban J connectivity index is 1.88. The highest BCUT2D eigenvalue weighted by Gasteiger charge is 2.34. The van der Waals surface area contributed by atoms with Crippen LogP contribution in [0, 0.1) is 12.3 Å². The smallest absolute Gasteiger partial charge is 0.338 e. The van der Waals surface area contributed by atoms with Gasteiger partial charge in [0, 0.05) is 5.56 Å². The molecule has 3 aromatic rings. The van der Waals surface area contributed by atoms with E-state index in [-0.39, 0.29) is 18.8 Å². The van der Waals surface area contributed by atoms with Crippen molar-refractivity contribution in [3.05, 3.63) is 90.6 Å². The van der Waals surface area contributed by atoms with Gasteiger partial charge in [-0.15, -0.1) is 6.42 Å². The number of rotatable bonds is 7. The molecule has 35 heavy (non-hydrogen) atoms. The molecule has 1 atom stereocenters. The summed E-state index contributed by atoms with van der Waals surface area (Å²) in [5.74, 6) is 3.12. The molecule has 7 nitrogen and oxygen atoms in total. The average Bonchev–Trinajstić information content (AvgIpc) is 3.17. The van der Waals surface area contributed by atoms with Crippen molar-refractivity contribution in [3.8, 4) is 23.8 Å². The Hall–Kier alpha value is -4.09. The summed E-state index contributed by atoms with van der Waals surface area (Å²) in [4.78, 5) is 31.7. The van der Waals surface area contributed by atoms with Crippen LogP contribution in [0.4, 0.5) is 0 Å². The van der Waals surface area contributed by atoms with Gasteiger partial charge in [0.05, 0.1) is 29.5 Å². The minimum absolute atomic E-state index is 0.184. The Morgan fingerprint density at radius 2 is 1.97 bits per heavy atom. The zero-order valence-corrected chi connectivity index (χ0v) is 20.4. The highest BCUT2D eigenvalue weighted by molar-refractivity contribution is 7.07. The minimum atomic E-state index is -0.733. The maximum Gasteiger partial charge on any atom is 0.338 e. The quantitative estimate of drug-likeness (QED) is 0.378. The van der Waals surface area contributed by atoms with Crippen molar-refractivity contribution in [2.24, 2.45) is 4.99 Å². The number of allylic oxidation sites excluding steroid dienone is 1. The third-order valence-corrected chi connectivity index (χ3v) is 6.43. The molecule has 0 radical (unpaired) electrons. The first-order chi connectivity index (χ1) is 17.0. The van der Waals surface area contributed by atoms with Gasteiger partial charge in [0.1, 0.15) is 24.1 Å². The molecule has 0 bridgehead atoms. The zero-order chi connectivity index (χ0) is 24.9. The first kappa shape index (κ1) is 24.0. The normalized spacial score (nSPS) is 15.1. The van der Waals surface area contributed by atoms with E-state index in [0.717, 1.165) is 5.56 Å². The van der Waals surface area contributed by atoms with Crippen LogP contribution in [0.3, 0.4) is 0 Å². The number of ether oxygens (including phenoxy) is 3. The summed E-state index contributed by atoms with van der Waals surface area (Å²) in [6.07, 6.45) is 7.02. The number of nitrogens with zero attached hydrogens (tertiary/aromatic N) is 2. The molecule has 0 aliphatic carbocycles. The number of fused-ring (bicyclic) bond motifs is 1. The molecule has 0 N–H and O–H groups in total. The molecule has 1 aliphatic heterocycles. The van der Waals surface area contributed by atoms with Crippen LogP contribution >= 0.6 is 11.3 Å². The Labute approximate surface area is 206 Å². The monoisotopic (exact) mass is 488 g/mol. The van der Waals surface area contributed by atoms with Crippen molar-refractivity contribution in [1.29, 1.82) is 0 Å². The van der Waals surface area contributed by atoms with E-state index in [4.69, 9.17) is 20.6 Å². The number of aromatic nitrogens is 1. The Bertz CT molecular complexity index is 1510. The van der Waals surface area contributed by atoms with Crippen molar-refractivity contribution in [1.82, 2.24) is 4.57 Å². The number of carbonyl (C=O) groups excluding carboxylic acids is 1. The van der Waals surface area contributed by atoms with Gasteiger partial charge in [0.2, 0.25) is 0 Å². The molecule has 0 spiro atoms. The Morgan fingerprint density at radius 3 is 2.66 bits per heavy atom. The van der Waals surface area contributed by atoms with Crippen molar-refractivity contribution in [3.63, 3.8) is 0 Å². The molecule has 1 aliphatic rings. The lowest BCUT2D eigenvalue weighted by molar-refractivity contribution is -0.139. The Morgan fingerprint density at radius 1 is 1.23 bits per heavy atom. The molecular formula is C27H24N2O5S. The lowest BCUT2D eigenvalue weighted by Gasteiger charge is -2.25. The molecule has 1 unspecified atom stereocenters. The van der Waals surface area contributed by atoms with E-state index in [1.54, 1.807) is 45.2 Å². The summed E-state index contributed by atoms with van der Waals surface area (Å²) in [5, 5.41) is 0. The number of methoxy groups -OCH3 is 1. The number of para-hydroxylation sites is 1. The number of benzene rings is 2. The summed E-state index contributed by atoms with van der Waals surface area (Å²) in [6, 6.07) is 13.9. The van der Waals surface area contributed by atoms with E-state index in [1.165, 1.54) is 15.9 Å². The Kier molecular flexibility index (Phi) is 7.18. The molecule has 0 fully saturated rings. The molecule has 1 aromatic heterocycles. The number of hydrogen-bond donors (Lipinski definition) is 0. The summed E-state index contributed by atoms with van der Waals surface area (Å²) in [5.41, 5.74) is 2.05. The summed E-state index contributed by atoms with van der Waals surface area (Å²) >= 11 is 1.26. The summed E-state index contributed by atoms with van der Waals surface area (Å²) in [7, 11) is 1.56. The van der Waals surface area contributed by atoms with Crippen molar-refractivity contribution >= 4 is 23.4 Å². The third-order valence-electron chi connectivity index (χ3n) is 5.45. The summed E-state index contributed by atoms with van der Waals surface area (Å²) < 4.78 is 18.3. The number of thiazole rings is 1. The van der Waals surface area contributed by atoms with Gasteiger partial charge in [-0.25, -0.2) is 9.79 Å². The highest BCUT2D eigenvalue weighted by atomic mass is 32.1. The molecule has 178 valence electrons. The molecule has 0 saturated carbocycles. The second-order valence-corrected chi connectivity index (χ2v) is 8.62. The lowest BCUT2D eigenvalue weighted by Crippen LogP contribution is -2.40. The molecule has 2 aromatic carbocycles. The predicted octanol–water partition coefficient (Wildman–Crippen LogP) is 2.82. The van der Waals surface area contributed by atoms with Gasteiger partial charge in [-0.2, -0.15) is 0 Å². The lowest BCUT2D eigenvalue weighted by atomic mass is 9.95. The largest absolute Gasteiger partial charge is 0.496 e. The van der Waals surface area contributed by atoms with Gasteiger partial charge >= 0.3 is 5.97 Å². The van der Waals surface area contributed by atoms with Gasteiger partial charge < -0.3 is 14.2 Å². The topological polar surface area (TPSA) is 79.1 Å². The van der Waals surface area contributed by atoms with Crippen molar-refractivity contribution in [2.75, 3.05) is 20.3 Å². The van der Waals surface area contributed by atoms with Crippen LogP contribution in [0.5, 0.6) is 11.5 Å². The number of hydrogen-bond acceptors (Lipinski definition) is 7. The number of carbonyl (C=O) groups is 1. The van der Waals surface area contributed by atoms with E-state index in [2.05, 4.69) is 10.9 Å². The van der Waals surface area contributed by atoms with E-state index in [1.807, 2.05) is 30.3 Å². The first-order valence-corrected chi connectivity index (χ1v) is 11.8. The van der Waals surface area contributed by atoms with Gasteiger partial charge in [-0.05, 0) is 43.7 Å². The highest BCUT2D eigenvalue weighted by Crippen LogP contribution is 2.35. The average molecular weight is 489 g/mol. The standard InChI is InChI=1S/C27H24N2O5S/c1-5-15-34-19-13-11-18(12-14-19)16-22-25(30)29-24(20-9-7-8-10-21(20)32-4)23(26(31)33-6-2)17(3)28-27(29)35-22/h1,7-14,16,24H,6,15H2,2-4H3/b22-16-. The third kappa shape index (κ3) is 4.77. The SMILES string of the molecule is C#CCOc1ccc(/C=c2\sc3n(c2=O)C(c2ccccc2OC)C(C(=O)OCC)=C(C)N=3)cc1. The first-order valence-electron chi connectivity index (χ1n) is 11.0. The number of esters is 1. The van der Waals surface area contributed by atoms with Crippen LogP contribution in [0.25, 0.3) is 6.08 Å². The maximum absolute atomic E-state index is 13.7. The fourth-order valence-corrected chi connectivity index (χ4v) is 4.96. The van der Waals surface area contributed by atoms with E-state index < -0.39 is 12.0 Å². The summed E-state index contributed by atoms with van der Waals surface area (Å²) in [6.45, 7) is 3.88. The van der Waals surface area contributed by atoms with Crippen LogP contribution in [0.15, 0.2) is 69.6 Å². The molecule has 2 heterocycles. The van der Waals surface area contributed by atoms with E-state index >= 15 is 0 Å². The van der Waals surface area contributed by atoms with Gasteiger partial charge in [0.25, 0.3) is 5.56 Å². The zero-order valence-electron chi connectivity index (χ0n) is 19.6. The van der Waals surface area contributed by atoms with Crippen molar-refractivity contribution in [2.45, 2.75) is 19.9 Å². The van der Waals surface area contributed by atoms with Crippen LogP contribution in [-0.4, -0.2) is 30.9 Å². The van der Waals surface area contributed by atoms with Gasteiger partial charge in [-0.3, -0.25) is 9.36 Å². The molecular weight excluding hydrogens is 464 g/mol. The van der Waals surface area contributed by atoms with E-state index in [0.29, 0.717) is 37.7 Å². The maximum atomic E-state index is 13.7. The van der Waals surface area contributed by atoms with Crippen LogP contribution in [0.2, 0.25) is 0 Å². The fourth-order valence-electron chi connectivity index (χ4n) is 3.91. The number of terminal acetylenes is 1. The fraction of sp³-hybridized carbons (Fsp3) is 0.222. The van der Waals surface area contributed by atoms with Gasteiger partial charge in [0.15, 0.2) is 4.80 Å². The second-order valence-electron chi connectivity index (χ2n) is 7.61. The second kappa shape index (κ2) is 10.5. The minimum Gasteiger partial charge on any atom is -0.496 e. The van der Waals surface area contributed by atoms with Crippen LogP contribution in [-0.2, 0) is 9.53 Å². The van der Waals surface area contributed by atoms with Crippen LogP contribution in [0.1, 0.15) is 31.0 Å². The predicted molar refractivity (Wildman–Crippen MR) is 134 cm³/mol. The van der Waals surface area contributed by atoms with Crippen LogP contribution < -0.4 is 24.4 Å². The molecule has 0 amide bonds.